The van der Waals surface area contributed by atoms with Crippen molar-refractivity contribution in [1.82, 2.24) is 5.32 Å². The standard InChI is InChI=1S/C15H19NO3/c1-4-9-16-14(17)15(7-8-15)11-5-6-12(18-2)13(10-11)19-3/h4-6,10H,1,7-9H2,2-3H3,(H,16,17). The lowest BCUT2D eigenvalue weighted by atomic mass is 9.94. The molecule has 0 radical (unpaired) electrons. The van der Waals surface area contributed by atoms with Crippen LogP contribution in [-0.4, -0.2) is 26.7 Å². The van der Waals surface area contributed by atoms with Crippen LogP contribution in [0, 0.1) is 0 Å². The molecule has 0 aliphatic heterocycles. The number of rotatable bonds is 6. The molecule has 0 spiro atoms. The predicted octanol–water partition coefficient (Wildman–Crippen LogP) is 2.04. The van der Waals surface area contributed by atoms with Crippen LogP contribution in [0.2, 0.25) is 0 Å². The Labute approximate surface area is 113 Å². The summed E-state index contributed by atoms with van der Waals surface area (Å²) < 4.78 is 10.5. The molecule has 1 aliphatic rings. The van der Waals surface area contributed by atoms with Crippen LogP contribution in [0.15, 0.2) is 30.9 Å². The van der Waals surface area contributed by atoms with Crippen molar-refractivity contribution in [2.45, 2.75) is 18.3 Å². The Kier molecular flexibility index (Phi) is 3.79. The van der Waals surface area contributed by atoms with E-state index >= 15 is 0 Å². The van der Waals surface area contributed by atoms with Crippen molar-refractivity contribution >= 4 is 5.91 Å². The molecular weight excluding hydrogens is 242 g/mol. The maximum Gasteiger partial charge on any atom is 0.230 e. The second-order valence-corrected chi connectivity index (χ2v) is 4.65. The minimum atomic E-state index is -0.400. The van der Waals surface area contributed by atoms with E-state index < -0.39 is 5.41 Å². The SMILES string of the molecule is C=CCNC(=O)C1(c2ccc(OC)c(OC)c2)CC1. The number of nitrogens with one attached hydrogen (secondary N) is 1. The van der Waals surface area contributed by atoms with E-state index in [4.69, 9.17) is 9.47 Å². The summed E-state index contributed by atoms with van der Waals surface area (Å²) >= 11 is 0. The fraction of sp³-hybridized carbons (Fsp3) is 0.400. The van der Waals surface area contributed by atoms with Gasteiger partial charge in [0.25, 0.3) is 0 Å². The second kappa shape index (κ2) is 5.34. The number of carbonyl (C=O) groups excluding carboxylic acids is 1. The molecule has 19 heavy (non-hydrogen) atoms. The maximum absolute atomic E-state index is 12.2. The zero-order chi connectivity index (χ0) is 13.9. The molecule has 1 N–H and O–H groups in total. The second-order valence-electron chi connectivity index (χ2n) is 4.65. The lowest BCUT2D eigenvalue weighted by Gasteiger charge is -2.17. The Bertz CT molecular complexity index is 492. The van der Waals surface area contributed by atoms with Crippen molar-refractivity contribution in [1.29, 1.82) is 0 Å². The molecule has 102 valence electrons. The average molecular weight is 261 g/mol. The van der Waals surface area contributed by atoms with Gasteiger partial charge in [-0.2, -0.15) is 0 Å². The number of methoxy groups -OCH3 is 2. The van der Waals surface area contributed by atoms with Crippen LogP contribution in [-0.2, 0) is 10.2 Å². The molecule has 0 heterocycles. The van der Waals surface area contributed by atoms with Gasteiger partial charge in [-0.3, -0.25) is 4.79 Å². The molecule has 0 atom stereocenters. The first kappa shape index (κ1) is 13.5. The van der Waals surface area contributed by atoms with Crippen molar-refractivity contribution in [3.05, 3.63) is 36.4 Å². The predicted molar refractivity (Wildman–Crippen MR) is 73.7 cm³/mol. The highest BCUT2D eigenvalue weighted by atomic mass is 16.5. The molecule has 1 amide bonds. The summed E-state index contributed by atoms with van der Waals surface area (Å²) in [6.45, 7) is 4.10. The van der Waals surface area contributed by atoms with Crippen LogP contribution in [0.5, 0.6) is 11.5 Å². The van der Waals surface area contributed by atoms with E-state index in [2.05, 4.69) is 11.9 Å². The van der Waals surface area contributed by atoms with Crippen LogP contribution in [0.4, 0.5) is 0 Å². The Morgan fingerprint density at radius 3 is 2.58 bits per heavy atom. The van der Waals surface area contributed by atoms with E-state index in [0.717, 1.165) is 18.4 Å². The molecule has 1 aromatic rings. The highest BCUT2D eigenvalue weighted by Gasteiger charge is 2.51. The molecule has 4 heteroatoms. The van der Waals surface area contributed by atoms with Gasteiger partial charge in [0.2, 0.25) is 5.91 Å². The molecule has 0 bridgehead atoms. The average Bonchev–Trinajstić information content (AvgIpc) is 3.25. The molecule has 0 unspecified atom stereocenters. The molecule has 1 fully saturated rings. The Morgan fingerprint density at radius 1 is 1.37 bits per heavy atom. The van der Waals surface area contributed by atoms with Gasteiger partial charge in [-0.25, -0.2) is 0 Å². The quantitative estimate of drug-likeness (QED) is 0.797. The minimum Gasteiger partial charge on any atom is -0.493 e. The summed E-state index contributed by atoms with van der Waals surface area (Å²) in [5.74, 6) is 1.39. The largest absolute Gasteiger partial charge is 0.493 e. The smallest absolute Gasteiger partial charge is 0.230 e. The number of ether oxygens (including phenoxy) is 2. The van der Waals surface area contributed by atoms with Gasteiger partial charge in [-0.15, -0.1) is 6.58 Å². The van der Waals surface area contributed by atoms with Crippen LogP contribution in [0.3, 0.4) is 0 Å². The summed E-state index contributed by atoms with van der Waals surface area (Å²) in [5.41, 5.74) is 0.578. The zero-order valence-electron chi connectivity index (χ0n) is 11.4. The summed E-state index contributed by atoms with van der Waals surface area (Å²) in [4.78, 5) is 12.2. The Balaban J connectivity index is 2.26. The third kappa shape index (κ3) is 2.43. The van der Waals surface area contributed by atoms with E-state index in [1.807, 2.05) is 18.2 Å². The fourth-order valence-electron chi connectivity index (χ4n) is 2.24. The minimum absolute atomic E-state index is 0.0552. The third-order valence-electron chi connectivity index (χ3n) is 3.53. The maximum atomic E-state index is 12.2. The van der Waals surface area contributed by atoms with Crippen LogP contribution in [0.25, 0.3) is 0 Å². The summed E-state index contributed by atoms with van der Waals surface area (Å²) in [5, 5.41) is 2.87. The van der Waals surface area contributed by atoms with E-state index in [-0.39, 0.29) is 5.91 Å². The Hall–Kier alpha value is -1.97. The van der Waals surface area contributed by atoms with Crippen molar-refractivity contribution < 1.29 is 14.3 Å². The van der Waals surface area contributed by atoms with E-state index in [1.54, 1.807) is 20.3 Å². The number of hydrogen-bond donors (Lipinski definition) is 1. The molecular formula is C15H19NO3. The first-order valence-corrected chi connectivity index (χ1v) is 6.29. The first-order valence-electron chi connectivity index (χ1n) is 6.29. The number of amides is 1. The van der Waals surface area contributed by atoms with E-state index in [1.165, 1.54) is 0 Å². The van der Waals surface area contributed by atoms with Crippen LogP contribution >= 0.6 is 0 Å². The lowest BCUT2D eigenvalue weighted by Crippen LogP contribution is -2.34. The lowest BCUT2D eigenvalue weighted by molar-refractivity contribution is -0.123. The fourth-order valence-corrected chi connectivity index (χ4v) is 2.24. The van der Waals surface area contributed by atoms with Gasteiger partial charge in [0.05, 0.1) is 19.6 Å². The van der Waals surface area contributed by atoms with Gasteiger partial charge >= 0.3 is 0 Å². The Morgan fingerprint density at radius 2 is 2.05 bits per heavy atom. The molecule has 1 aliphatic carbocycles. The number of hydrogen-bond acceptors (Lipinski definition) is 3. The highest BCUT2D eigenvalue weighted by Crippen LogP contribution is 2.50. The van der Waals surface area contributed by atoms with Gasteiger partial charge in [0.15, 0.2) is 11.5 Å². The van der Waals surface area contributed by atoms with E-state index in [0.29, 0.717) is 18.0 Å². The molecule has 4 nitrogen and oxygen atoms in total. The van der Waals surface area contributed by atoms with Crippen LogP contribution < -0.4 is 14.8 Å². The highest BCUT2D eigenvalue weighted by molar-refractivity contribution is 5.91. The molecule has 1 saturated carbocycles. The number of carbonyl (C=O) groups is 1. The summed E-state index contributed by atoms with van der Waals surface area (Å²) in [6.07, 6.45) is 3.42. The normalized spacial score (nSPS) is 15.5. The third-order valence-corrected chi connectivity index (χ3v) is 3.53. The van der Waals surface area contributed by atoms with Crippen molar-refractivity contribution in [2.75, 3.05) is 20.8 Å². The van der Waals surface area contributed by atoms with Crippen molar-refractivity contribution in [3.63, 3.8) is 0 Å². The van der Waals surface area contributed by atoms with E-state index in [9.17, 15) is 4.79 Å². The van der Waals surface area contributed by atoms with Crippen LogP contribution in [0.1, 0.15) is 18.4 Å². The van der Waals surface area contributed by atoms with Crippen molar-refractivity contribution in [2.24, 2.45) is 0 Å². The summed E-state index contributed by atoms with van der Waals surface area (Å²) in [7, 11) is 3.19. The zero-order valence-corrected chi connectivity index (χ0v) is 11.4. The van der Waals surface area contributed by atoms with Gasteiger partial charge in [0.1, 0.15) is 0 Å². The molecule has 2 rings (SSSR count). The number of benzene rings is 1. The van der Waals surface area contributed by atoms with Gasteiger partial charge in [-0.05, 0) is 30.5 Å². The molecule has 1 aromatic carbocycles. The van der Waals surface area contributed by atoms with Gasteiger partial charge in [-0.1, -0.05) is 12.1 Å². The summed E-state index contributed by atoms with van der Waals surface area (Å²) in [6, 6.07) is 5.66. The van der Waals surface area contributed by atoms with Crippen molar-refractivity contribution in [3.8, 4) is 11.5 Å². The topological polar surface area (TPSA) is 47.6 Å². The monoisotopic (exact) mass is 261 g/mol. The van der Waals surface area contributed by atoms with Gasteiger partial charge < -0.3 is 14.8 Å². The molecule has 0 saturated heterocycles. The first-order chi connectivity index (χ1) is 9.17. The van der Waals surface area contributed by atoms with Gasteiger partial charge in [0, 0.05) is 6.54 Å². The molecule has 0 aromatic heterocycles.